The fourth-order valence-corrected chi connectivity index (χ4v) is 5.37. The van der Waals surface area contributed by atoms with Crippen molar-refractivity contribution in [3.05, 3.63) is 105 Å². The van der Waals surface area contributed by atoms with Crippen molar-refractivity contribution in [3.63, 3.8) is 0 Å². The number of carbonyl (C=O) groups excluding carboxylic acids is 1. The number of hydrogen-bond acceptors (Lipinski definition) is 3. The fraction of sp³-hybridized carbons (Fsp3) is 0.300. The predicted octanol–water partition coefficient (Wildman–Crippen LogP) is 7.49. The summed E-state index contributed by atoms with van der Waals surface area (Å²) in [5.41, 5.74) is 4.90. The maximum Gasteiger partial charge on any atom is 0.253 e. The Labute approximate surface area is 222 Å². The van der Waals surface area contributed by atoms with Crippen molar-refractivity contribution in [1.82, 2.24) is 10.2 Å². The Balaban J connectivity index is 1.50. The number of hydrogen-bond donors (Lipinski definition) is 1. The van der Waals surface area contributed by atoms with E-state index in [0.717, 1.165) is 48.3 Å². The van der Waals surface area contributed by atoms with E-state index in [1.165, 1.54) is 6.42 Å². The molecule has 2 atom stereocenters. The molecule has 6 heteroatoms. The Bertz CT molecular complexity index is 1250. The van der Waals surface area contributed by atoms with E-state index >= 15 is 0 Å². The molecule has 0 unspecified atom stereocenters. The highest BCUT2D eigenvalue weighted by atomic mass is 35.5. The molecular weight excluding hydrogens is 491 g/mol. The molecule has 2 aliphatic rings. The third-order valence-corrected chi connectivity index (χ3v) is 7.47. The number of ether oxygens (including phenoxy) is 1. The first-order chi connectivity index (χ1) is 17.5. The van der Waals surface area contributed by atoms with Crippen molar-refractivity contribution in [2.75, 3.05) is 19.7 Å². The predicted molar refractivity (Wildman–Crippen MR) is 147 cm³/mol. The normalized spacial score (nSPS) is 19.5. The summed E-state index contributed by atoms with van der Waals surface area (Å²) in [7, 11) is 0. The summed E-state index contributed by atoms with van der Waals surface area (Å²) in [5, 5.41) is 5.15. The Hall–Kier alpha value is -2.95. The molecule has 0 aliphatic carbocycles. The SMILES string of the molecule is CCOc1cc(C(=O)N2CCCCC2)ccc1C1=C[C@@H](c2ccc(Cl)cc2)[C@H](c2ccc(Cl)cc2)N1. The topological polar surface area (TPSA) is 41.6 Å². The number of nitrogens with one attached hydrogen (secondary N) is 1. The average Bonchev–Trinajstić information content (AvgIpc) is 3.35. The standard InChI is InChI=1S/C30H30Cl2N2O2/c1-2-36-28-18-22(30(35)34-16-4-3-5-17-34)10-15-25(28)27-19-26(20-6-11-23(31)12-7-20)29(33-27)21-8-13-24(32)14-9-21/h6-15,18-19,26,29,33H,2-5,16-17H2,1H3/t26-,29-/m0/s1. The zero-order valence-corrected chi connectivity index (χ0v) is 21.9. The molecule has 1 saturated heterocycles. The molecule has 0 spiro atoms. The molecule has 2 heterocycles. The van der Waals surface area contributed by atoms with Gasteiger partial charge in [-0.05, 0) is 79.8 Å². The number of piperidine rings is 1. The van der Waals surface area contributed by atoms with Gasteiger partial charge in [-0.25, -0.2) is 0 Å². The first-order valence-corrected chi connectivity index (χ1v) is 13.3. The van der Waals surface area contributed by atoms with E-state index in [9.17, 15) is 4.79 Å². The van der Waals surface area contributed by atoms with Crippen LogP contribution in [0.5, 0.6) is 5.75 Å². The lowest BCUT2D eigenvalue weighted by atomic mass is 9.89. The lowest BCUT2D eigenvalue weighted by Crippen LogP contribution is -2.35. The van der Waals surface area contributed by atoms with Crippen LogP contribution < -0.4 is 10.1 Å². The fourth-order valence-electron chi connectivity index (χ4n) is 5.12. The lowest BCUT2D eigenvalue weighted by molar-refractivity contribution is 0.0724. The summed E-state index contributed by atoms with van der Waals surface area (Å²) in [6.07, 6.45) is 5.57. The van der Waals surface area contributed by atoms with E-state index < -0.39 is 0 Å². The highest BCUT2D eigenvalue weighted by Gasteiger charge is 2.31. The van der Waals surface area contributed by atoms with Crippen molar-refractivity contribution in [2.45, 2.75) is 38.1 Å². The number of nitrogens with zero attached hydrogens (tertiary/aromatic N) is 1. The van der Waals surface area contributed by atoms with Crippen LogP contribution in [0.1, 0.15) is 65.2 Å². The van der Waals surface area contributed by atoms with Gasteiger partial charge in [-0.15, -0.1) is 0 Å². The van der Waals surface area contributed by atoms with Gasteiger partial charge in [-0.3, -0.25) is 4.79 Å². The van der Waals surface area contributed by atoms with Crippen molar-refractivity contribution in [2.24, 2.45) is 0 Å². The van der Waals surface area contributed by atoms with Gasteiger partial charge in [0.25, 0.3) is 5.91 Å². The number of likely N-dealkylation sites (tertiary alicyclic amines) is 1. The Kier molecular flexibility index (Phi) is 7.54. The monoisotopic (exact) mass is 520 g/mol. The molecule has 0 saturated carbocycles. The zero-order valence-electron chi connectivity index (χ0n) is 20.3. The Morgan fingerprint density at radius 1 is 0.917 bits per heavy atom. The largest absolute Gasteiger partial charge is 0.493 e. The van der Waals surface area contributed by atoms with Gasteiger partial charge in [0, 0.05) is 45.9 Å². The second-order valence-electron chi connectivity index (χ2n) is 9.33. The summed E-state index contributed by atoms with van der Waals surface area (Å²) in [6.45, 7) is 4.13. The van der Waals surface area contributed by atoms with Crippen LogP contribution in [0.4, 0.5) is 0 Å². The minimum absolute atomic E-state index is 0.0163. The highest BCUT2D eigenvalue weighted by Crippen LogP contribution is 2.43. The van der Waals surface area contributed by atoms with E-state index in [-0.39, 0.29) is 17.9 Å². The zero-order chi connectivity index (χ0) is 25.1. The van der Waals surface area contributed by atoms with Gasteiger partial charge in [0.05, 0.1) is 12.6 Å². The van der Waals surface area contributed by atoms with E-state index in [1.807, 2.05) is 54.3 Å². The van der Waals surface area contributed by atoms with Crippen LogP contribution in [0.15, 0.2) is 72.8 Å². The third-order valence-electron chi connectivity index (χ3n) is 6.96. The molecule has 186 valence electrons. The summed E-state index contributed by atoms with van der Waals surface area (Å²) in [4.78, 5) is 15.1. The number of rotatable bonds is 6. The Morgan fingerprint density at radius 3 is 2.19 bits per heavy atom. The molecule has 1 amide bonds. The van der Waals surface area contributed by atoms with Gasteiger partial charge < -0.3 is 15.0 Å². The molecule has 0 bridgehead atoms. The van der Waals surface area contributed by atoms with E-state index in [2.05, 4.69) is 35.7 Å². The molecule has 4 nitrogen and oxygen atoms in total. The highest BCUT2D eigenvalue weighted by molar-refractivity contribution is 6.30. The van der Waals surface area contributed by atoms with E-state index in [1.54, 1.807) is 0 Å². The van der Waals surface area contributed by atoms with Crippen molar-refractivity contribution < 1.29 is 9.53 Å². The minimum atomic E-state index is 0.0163. The van der Waals surface area contributed by atoms with Gasteiger partial charge in [-0.2, -0.15) is 0 Å². The van der Waals surface area contributed by atoms with Crippen LogP contribution in [-0.2, 0) is 0 Å². The maximum atomic E-state index is 13.1. The molecule has 5 rings (SSSR count). The summed E-state index contributed by atoms with van der Waals surface area (Å²) >= 11 is 12.3. The van der Waals surface area contributed by atoms with Gasteiger partial charge in [0.1, 0.15) is 5.75 Å². The van der Waals surface area contributed by atoms with Crippen molar-refractivity contribution >= 4 is 34.8 Å². The average molecular weight is 521 g/mol. The summed E-state index contributed by atoms with van der Waals surface area (Å²) in [6, 6.07) is 21.8. The van der Waals surface area contributed by atoms with Gasteiger partial charge >= 0.3 is 0 Å². The van der Waals surface area contributed by atoms with Crippen LogP contribution in [0.2, 0.25) is 10.0 Å². The number of amides is 1. The molecule has 2 aliphatic heterocycles. The molecule has 3 aromatic rings. The van der Waals surface area contributed by atoms with Crippen molar-refractivity contribution in [3.8, 4) is 5.75 Å². The molecule has 0 aromatic heterocycles. The van der Waals surface area contributed by atoms with Crippen LogP contribution in [0.3, 0.4) is 0 Å². The number of halogens is 2. The van der Waals surface area contributed by atoms with E-state index in [0.29, 0.717) is 28.0 Å². The van der Waals surface area contributed by atoms with Crippen LogP contribution in [-0.4, -0.2) is 30.5 Å². The van der Waals surface area contributed by atoms with E-state index in [4.69, 9.17) is 27.9 Å². The third kappa shape index (κ3) is 5.25. The van der Waals surface area contributed by atoms with Crippen LogP contribution in [0, 0.1) is 0 Å². The Morgan fingerprint density at radius 2 is 1.56 bits per heavy atom. The molecule has 0 radical (unpaired) electrons. The number of benzene rings is 3. The second kappa shape index (κ2) is 11.0. The lowest BCUT2D eigenvalue weighted by Gasteiger charge is -2.27. The molecule has 1 N–H and O–H groups in total. The van der Waals surface area contributed by atoms with Gasteiger partial charge in [0.15, 0.2) is 0 Å². The van der Waals surface area contributed by atoms with Crippen LogP contribution in [0.25, 0.3) is 5.70 Å². The second-order valence-corrected chi connectivity index (χ2v) is 10.2. The summed E-state index contributed by atoms with van der Waals surface area (Å²) in [5.74, 6) is 0.877. The van der Waals surface area contributed by atoms with Gasteiger partial charge in [0.2, 0.25) is 0 Å². The quantitative estimate of drug-likeness (QED) is 0.366. The minimum Gasteiger partial charge on any atom is -0.493 e. The molecule has 3 aromatic carbocycles. The van der Waals surface area contributed by atoms with Gasteiger partial charge in [-0.1, -0.05) is 53.5 Å². The van der Waals surface area contributed by atoms with Crippen molar-refractivity contribution in [1.29, 1.82) is 0 Å². The van der Waals surface area contributed by atoms with Crippen LogP contribution >= 0.6 is 23.2 Å². The number of carbonyl (C=O) groups is 1. The maximum absolute atomic E-state index is 13.1. The molecule has 36 heavy (non-hydrogen) atoms. The summed E-state index contributed by atoms with van der Waals surface area (Å²) < 4.78 is 6.05. The molecule has 1 fully saturated rings. The first-order valence-electron chi connectivity index (χ1n) is 12.6. The smallest absolute Gasteiger partial charge is 0.253 e. The molecular formula is C30H30Cl2N2O2. The first kappa shape index (κ1) is 24.7.